The average Bonchev–Trinajstić information content (AvgIpc) is 2.71. The molecule has 1 saturated heterocycles. The summed E-state index contributed by atoms with van der Waals surface area (Å²) in [6.07, 6.45) is 3.32. The minimum atomic E-state index is -0.478. The van der Waals surface area contributed by atoms with E-state index in [1.54, 1.807) is 9.58 Å². The van der Waals surface area contributed by atoms with Crippen molar-refractivity contribution in [3.63, 3.8) is 0 Å². The van der Waals surface area contributed by atoms with Gasteiger partial charge in [-0.1, -0.05) is 27.2 Å². The number of piperazine rings is 1. The third-order valence-corrected chi connectivity index (χ3v) is 3.85. The monoisotopic (exact) mass is 292 g/mol. The van der Waals surface area contributed by atoms with Gasteiger partial charge in [0.15, 0.2) is 0 Å². The largest absolute Gasteiger partial charge is 0.342 e. The van der Waals surface area contributed by atoms with E-state index in [1.165, 1.54) is 0 Å². The minimum Gasteiger partial charge on any atom is -0.342 e. The molecule has 1 N–H and O–H groups in total. The van der Waals surface area contributed by atoms with Crippen LogP contribution < -0.4 is 10.2 Å². The summed E-state index contributed by atoms with van der Waals surface area (Å²) in [5.74, 6) is -0.0753. The van der Waals surface area contributed by atoms with E-state index in [4.69, 9.17) is 0 Å². The summed E-state index contributed by atoms with van der Waals surface area (Å²) in [6, 6.07) is -0.911. The van der Waals surface area contributed by atoms with Crippen LogP contribution in [0.4, 0.5) is 5.69 Å². The molecule has 6 nitrogen and oxygen atoms in total. The number of aromatic nitrogens is 2. The molecule has 0 radical (unpaired) electrons. The summed E-state index contributed by atoms with van der Waals surface area (Å²) in [5.41, 5.74) is 1.50. The Balaban J connectivity index is 2.46. The molecule has 6 heteroatoms. The van der Waals surface area contributed by atoms with Crippen molar-refractivity contribution in [1.29, 1.82) is 0 Å². The highest BCUT2D eigenvalue weighted by atomic mass is 16.2. The molecule has 1 aromatic heterocycles. The Morgan fingerprint density at radius 1 is 1.38 bits per heavy atom. The molecule has 0 aromatic carbocycles. The van der Waals surface area contributed by atoms with Crippen LogP contribution in [0.25, 0.3) is 0 Å². The van der Waals surface area contributed by atoms with Crippen molar-refractivity contribution in [2.75, 3.05) is 4.90 Å². The first-order chi connectivity index (χ1) is 9.86. The summed E-state index contributed by atoms with van der Waals surface area (Å²) in [5, 5.41) is 7.17. The Kier molecular flexibility index (Phi) is 4.34. The molecule has 0 saturated carbocycles. The maximum Gasteiger partial charge on any atom is 0.250 e. The highest BCUT2D eigenvalue weighted by molar-refractivity contribution is 6.08. The number of carbonyl (C=O) groups is 2. The molecule has 116 valence electrons. The first-order valence-corrected chi connectivity index (χ1v) is 7.50. The molecule has 1 aromatic rings. The molecule has 0 aliphatic carbocycles. The number of amides is 2. The van der Waals surface area contributed by atoms with E-state index in [1.807, 2.05) is 40.9 Å². The topological polar surface area (TPSA) is 67.2 Å². The zero-order valence-electron chi connectivity index (χ0n) is 13.4. The summed E-state index contributed by atoms with van der Waals surface area (Å²) >= 11 is 0. The highest BCUT2D eigenvalue weighted by Crippen LogP contribution is 2.28. The Bertz CT molecular complexity index is 550. The summed E-state index contributed by atoms with van der Waals surface area (Å²) in [6.45, 7) is 7.78. The van der Waals surface area contributed by atoms with Crippen molar-refractivity contribution in [2.45, 2.75) is 52.6 Å². The fourth-order valence-corrected chi connectivity index (χ4v) is 2.92. The molecular weight excluding hydrogens is 268 g/mol. The Hall–Kier alpha value is -1.85. The second-order valence-electron chi connectivity index (χ2n) is 6.02. The van der Waals surface area contributed by atoms with Gasteiger partial charge in [0.2, 0.25) is 11.8 Å². The van der Waals surface area contributed by atoms with Crippen molar-refractivity contribution in [2.24, 2.45) is 13.0 Å². The zero-order chi connectivity index (χ0) is 15.7. The minimum absolute atomic E-state index is 0.0359. The lowest BCUT2D eigenvalue weighted by Crippen LogP contribution is -2.65. The highest BCUT2D eigenvalue weighted by Gasteiger charge is 2.43. The molecule has 1 aliphatic heterocycles. The van der Waals surface area contributed by atoms with Gasteiger partial charge in [-0.3, -0.25) is 19.2 Å². The third kappa shape index (κ3) is 2.80. The van der Waals surface area contributed by atoms with Gasteiger partial charge in [-0.15, -0.1) is 0 Å². The fraction of sp³-hybridized carbons (Fsp3) is 0.667. The van der Waals surface area contributed by atoms with Gasteiger partial charge >= 0.3 is 0 Å². The van der Waals surface area contributed by atoms with Crippen LogP contribution in [-0.4, -0.2) is 33.7 Å². The summed E-state index contributed by atoms with van der Waals surface area (Å²) < 4.78 is 1.68. The van der Waals surface area contributed by atoms with Crippen LogP contribution in [-0.2, 0) is 16.6 Å². The first kappa shape index (κ1) is 15.5. The molecule has 2 heterocycles. The normalized spacial score (nSPS) is 22.9. The molecule has 0 bridgehead atoms. The predicted molar refractivity (Wildman–Crippen MR) is 80.9 cm³/mol. The van der Waals surface area contributed by atoms with E-state index in [0.717, 1.165) is 17.8 Å². The maximum absolute atomic E-state index is 12.8. The molecule has 2 amide bonds. The van der Waals surface area contributed by atoms with Crippen molar-refractivity contribution in [1.82, 2.24) is 15.1 Å². The lowest BCUT2D eigenvalue weighted by atomic mass is 9.95. The lowest BCUT2D eigenvalue weighted by molar-refractivity contribution is -0.135. The van der Waals surface area contributed by atoms with Crippen LogP contribution in [0, 0.1) is 12.8 Å². The number of rotatable bonds is 4. The van der Waals surface area contributed by atoms with Gasteiger partial charge in [-0.2, -0.15) is 5.10 Å². The van der Waals surface area contributed by atoms with Crippen LogP contribution in [0.3, 0.4) is 0 Å². The predicted octanol–water partition coefficient (Wildman–Crippen LogP) is 1.38. The van der Waals surface area contributed by atoms with Gasteiger partial charge in [-0.05, 0) is 19.3 Å². The third-order valence-electron chi connectivity index (χ3n) is 3.85. The second kappa shape index (κ2) is 5.87. The van der Waals surface area contributed by atoms with Gasteiger partial charge in [-0.25, -0.2) is 0 Å². The van der Waals surface area contributed by atoms with E-state index in [0.29, 0.717) is 6.42 Å². The summed E-state index contributed by atoms with van der Waals surface area (Å²) in [7, 11) is 1.82. The van der Waals surface area contributed by atoms with E-state index >= 15 is 0 Å². The summed E-state index contributed by atoms with van der Waals surface area (Å²) in [4.78, 5) is 26.9. The van der Waals surface area contributed by atoms with Gasteiger partial charge in [0.05, 0.1) is 11.4 Å². The van der Waals surface area contributed by atoms with Crippen molar-refractivity contribution >= 4 is 17.5 Å². The van der Waals surface area contributed by atoms with Crippen molar-refractivity contribution in [3.8, 4) is 0 Å². The van der Waals surface area contributed by atoms with Crippen LogP contribution in [0.1, 0.15) is 39.3 Å². The number of nitrogens with one attached hydrogen (secondary N) is 1. The lowest BCUT2D eigenvalue weighted by Gasteiger charge is -2.40. The van der Waals surface area contributed by atoms with Crippen molar-refractivity contribution in [3.05, 3.63) is 11.9 Å². The van der Waals surface area contributed by atoms with Gasteiger partial charge in [0, 0.05) is 13.2 Å². The quantitative estimate of drug-likeness (QED) is 0.911. The van der Waals surface area contributed by atoms with E-state index in [9.17, 15) is 9.59 Å². The van der Waals surface area contributed by atoms with Crippen LogP contribution in [0.2, 0.25) is 0 Å². The number of hydrogen-bond donors (Lipinski definition) is 1. The van der Waals surface area contributed by atoms with Gasteiger partial charge in [0.25, 0.3) is 0 Å². The van der Waals surface area contributed by atoms with Gasteiger partial charge in [0.1, 0.15) is 12.1 Å². The number of anilines is 1. The standard InChI is InChI=1S/C15H24N4O2/c1-6-7-11-15(21)19(12-8-18(5)17-10(12)4)13(9(2)3)14(20)16-11/h8-9,11,13H,6-7H2,1-5H3,(H,16,20). The number of hydrogen-bond acceptors (Lipinski definition) is 3. The molecular formula is C15H24N4O2. The molecule has 2 rings (SSSR count). The number of nitrogens with zero attached hydrogens (tertiary/aromatic N) is 3. The molecule has 1 aliphatic rings. The molecule has 2 atom stereocenters. The van der Waals surface area contributed by atoms with E-state index in [-0.39, 0.29) is 17.7 Å². The molecule has 2 unspecified atom stereocenters. The Morgan fingerprint density at radius 3 is 2.52 bits per heavy atom. The molecule has 21 heavy (non-hydrogen) atoms. The van der Waals surface area contributed by atoms with E-state index < -0.39 is 12.1 Å². The second-order valence-corrected chi connectivity index (χ2v) is 6.02. The Morgan fingerprint density at radius 2 is 2.05 bits per heavy atom. The number of carbonyl (C=O) groups excluding carboxylic acids is 2. The van der Waals surface area contributed by atoms with Crippen LogP contribution in [0.5, 0.6) is 0 Å². The zero-order valence-corrected chi connectivity index (χ0v) is 13.4. The maximum atomic E-state index is 12.8. The first-order valence-electron chi connectivity index (χ1n) is 7.50. The van der Waals surface area contributed by atoms with Crippen LogP contribution >= 0.6 is 0 Å². The smallest absolute Gasteiger partial charge is 0.250 e. The van der Waals surface area contributed by atoms with Crippen LogP contribution in [0.15, 0.2) is 6.20 Å². The van der Waals surface area contributed by atoms with E-state index in [2.05, 4.69) is 10.4 Å². The molecule has 1 fully saturated rings. The molecule has 0 spiro atoms. The number of aryl methyl sites for hydroxylation is 2. The fourth-order valence-electron chi connectivity index (χ4n) is 2.92. The Labute approximate surface area is 125 Å². The average molecular weight is 292 g/mol. The van der Waals surface area contributed by atoms with Gasteiger partial charge < -0.3 is 5.32 Å². The SMILES string of the molecule is CCCC1NC(=O)C(C(C)C)N(c2cn(C)nc2C)C1=O. The van der Waals surface area contributed by atoms with Crippen molar-refractivity contribution < 1.29 is 9.59 Å².